The number of ether oxygens (including phenoxy) is 1. The van der Waals surface area contributed by atoms with Crippen LogP contribution in [0.3, 0.4) is 0 Å². The molecule has 8 heteroatoms. The molecule has 6 nitrogen and oxygen atoms in total. The van der Waals surface area contributed by atoms with E-state index in [0.29, 0.717) is 22.0 Å². The van der Waals surface area contributed by atoms with Gasteiger partial charge >= 0.3 is 5.97 Å². The maximum atomic E-state index is 11.9. The molecule has 2 aromatic heterocycles. The van der Waals surface area contributed by atoms with E-state index < -0.39 is 5.97 Å². The number of thiophene rings is 1. The average Bonchev–Trinajstić information content (AvgIpc) is 3.32. The second-order valence-corrected chi connectivity index (χ2v) is 6.72. The second kappa shape index (κ2) is 8.64. The molecule has 26 heavy (non-hydrogen) atoms. The molecule has 0 aliphatic carbocycles. The zero-order valence-electron chi connectivity index (χ0n) is 13.6. The van der Waals surface area contributed by atoms with Gasteiger partial charge in [0.05, 0.1) is 11.3 Å². The summed E-state index contributed by atoms with van der Waals surface area (Å²) in [5.41, 5.74) is 1.01. The molecule has 1 amide bonds. The first-order valence-corrected chi connectivity index (χ1v) is 9.06. The Labute approximate surface area is 158 Å². The lowest BCUT2D eigenvalue weighted by atomic mass is 10.2. The minimum atomic E-state index is -0.429. The predicted octanol–water partition coefficient (Wildman–Crippen LogP) is 3.92. The number of esters is 1. The van der Waals surface area contributed by atoms with Gasteiger partial charge in [0, 0.05) is 23.2 Å². The Morgan fingerprint density at radius 1 is 1.23 bits per heavy atom. The largest absolute Gasteiger partial charge is 0.459 e. The molecule has 3 aromatic rings. The molecule has 1 aromatic carbocycles. The van der Waals surface area contributed by atoms with E-state index in [1.165, 1.54) is 11.3 Å². The molecule has 0 unspecified atom stereocenters. The van der Waals surface area contributed by atoms with Gasteiger partial charge in [-0.15, -0.1) is 11.3 Å². The van der Waals surface area contributed by atoms with Crippen LogP contribution in [0.2, 0.25) is 5.02 Å². The Bertz CT molecular complexity index is 875. The van der Waals surface area contributed by atoms with Gasteiger partial charge in [0.2, 0.25) is 0 Å². The van der Waals surface area contributed by atoms with Gasteiger partial charge in [-0.2, -0.15) is 0 Å². The van der Waals surface area contributed by atoms with Crippen LogP contribution in [-0.4, -0.2) is 23.6 Å². The van der Waals surface area contributed by atoms with Crippen LogP contribution in [-0.2, 0) is 16.1 Å². The van der Waals surface area contributed by atoms with Gasteiger partial charge in [-0.1, -0.05) is 22.8 Å². The van der Waals surface area contributed by atoms with Crippen molar-refractivity contribution in [3.8, 4) is 10.6 Å². The normalized spacial score (nSPS) is 10.5. The molecule has 0 atom stereocenters. The van der Waals surface area contributed by atoms with Gasteiger partial charge in [0.15, 0.2) is 5.76 Å². The number of rotatable bonds is 7. The van der Waals surface area contributed by atoms with Crippen LogP contribution < -0.4 is 5.32 Å². The molecule has 0 fully saturated rings. The highest BCUT2D eigenvalue weighted by Crippen LogP contribution is 2.25. The number of nitrogens with one attached hydrogen (secondary N) is 1. The van der Waals surface area contributed by atoms with Crippen LogP contribution in [0, 0.1) is 0 Å². The highest BCUT2D eigenvalue weighted by molar-refractivity contribution is 7.13. The molecule has 0 spiro atoms. The van der Waals surface area contributed by atoms with Crippen LogP contribution in [0.15, 0.2) is 52.4 Å². The van der Waals surface area contributed by atoms with Crippen LogP contribution in [0.25, 0.3) is 10.6 Å². The summed E-state index contributed by atoms with van der Waals surface area (Å²) in [5, 5.41) is 9.02. The third-order valence-electron chi connectivity index (χ3n) is 3.43. The molecule has 1 N–H and O–H groups in total. The molecule has 0 aliphatic heterocycles. The topological polar surface area (TPSA) is 81.4 Å². The molecule has 0 aliphatic rings. The van der Waals surface area contributed by atoms with E-state index in [1.54, 1.807) is 30.3 Å². The highest BCUT2D eigenvalue weighted by Gasteiger charge is 2.11. The Morgan fingerprint density at radius 3 is 2.77 bits per heavy atom. The first-order valence-electron chi connectivity index (χ1n) is 7.80. The standard InChI is InChI=1S/C18H15ClN2O4S/c19-13-5-3-12(4-6-13)18(23)20-8-7-17(22)24-11-14-10-15(25-21-14)16-2-1-9-26-16/h1-6,9-10H,7-8,11H2,(H,20,23). The van der Waals surface area contributed by atoms with Crippen molar-refractivity contribution >= 4 is 34.8 Å². The van der Waals surface area contributed by atoms with Crippen molar-refractivity contribution in [2.45, 2.75) is 13.0 Å². The SMILES string of the molecule is O=C(CCNC(=O)c1ccc(Cl)cc1)OCc1cc(-c2cccs2)on1. The first-order chi connectivity index (χ1) is 12.6. The minimum absolute atomic E-state index is 0.0266. The summed E-state index contributed by atoms with van der Waals surface area (Å²) in [6.45, 7) is 0.207. The van der Waals surface area contributed by atoms with Crippen molar-refractivity contribution in [2.75, 3.05) is 6.54 Å². The fourth-order valence-electron chi connectivity index (χ4n) is 2.12. The predicted molar refractivity (Wildman–Crippen MR) is 98.0 cm³/mol. The summed E-state index contributed by atoms with van der Waals surface area (Å²) in [7, 11) is 0. The summed E-state index contributed by atoms with van der Waals surface area (Å²) in [6, 6.07) is 12.1. The van der Waals surface area contributed by atoms with Crippen molar-refractivity contribution in [3.63, 3.8) is 0 Å². The number of aromatic nitrogens is 1. The Hall–Kier alpha value is -2.64. The number of carbonyl (C=O) groups excluding carboxylic acids is 2. The van der Waals surface area contributed by atoms with E-state index in [4.69, 9.17) is 20.9 Å². The summed E-state index contributed by atoms with van der Waals surface area (Å²) >= 11 is 7.31. The van der Waals surface area contributed by atoms with Crippen LogP contribution in [0.1, 0.15) is 22.5 Å². The molecule has 134 valence electrons. The molecule has 2 heterocycles. The van der Waals surface area contributed by atoms with Crippen molar-refractivity contribution in [1.82, 2.24) is 10.5 Å². The van der Waals surface area contributed by atoms with Crippen molar-refractivity contribution in [2.24, 2.45) is 0 Å². The lowest BCUT2D eigenvalue weighted by Gasteiger charge is -2.05. The Kier molecular flexibility index (Phi) is 6.04. The lowest BCUT2D eigenvalue weighted by Crippen LogP contribution is -2.26. The van der Waals surface area contributed by atoms with Gasteiger partial charge in [0.25, 0.3) is 5.91 Å². The zero-order chi connectivity index (χ0) is 18.4. The van der Waals surface area contributed by atoms with E-state index in [2.05, 4.69) is 10.5 Å². The number of carbonyl (C=O) groups is 2. The van der Waals surface area contributed by atoms with Gasteiger partial charge < -0.3 is 14.6 Å². The van der Waals surface area contributed by atoms with Gasteiger partial charge in [-0.05, 0) is 35.7 Å². The lowest BCUT2D eigenvalue weighted by molar-refractivity contribution is -0.144. The van der Waals surface area contributed by atoms with E-state index in [-0.39, 0.29) is 25.5 Å². The van der Waals surface area contributed by atoms with E-state index >= 15 is 0 Å². The van der Waals surface area contributed by atoms with Gasteiger partial charge in [-0.25, -0.2) is 0 Å². The highest BCUT2D eigenvalue weighted by atomic mass is 35.5. The van der Waals surface area contributed by atoms with Crippen LogP contribution in [0.4, 0.5) is 0 Å². The Balaban J connectivity index is 1.39. The summed E-state index contributed by atoms with van der Waals surface area (Å²) < 4.78 is 10.3. The second-order valence-electron chi connectivity index (χ2n) is 5.33. The van der Waals surface area contributed by atoms with E-state index in [0.717, 1.165) is 4.88 Å². The molecule has 0 saturated heterocycles. The smallest absolute Gasteiger partial charge is 0.307 e. The summed E-state index contributed by atoms with van der Waals surface area (Å²) in [4.78, 5) is 24.6. The third kappa shape index (κ3) is 4.93. The number of hydrogen-bond donors (Lipinski definition) is 1. The zero-order valence-corrected chi connectivity index (χ0v) is 15.2. The van der Waals surface area contributed by atoms with Crippen molar-refractivity contribution in [3.05, 3.63) is 64.1 Å². The minimum Gasteiger partial charge on any atom is -0.459 e. The monoisotopic (exact) mass is 390 g/mol. The molecule has 3 rings (SSSR count). The number of amides is 1. The van der Waals surface area contributed by atoms with Crippen LogP contribution in [0.5, 0.6) is 0 Å². The molecular weight excluding hydrogens is 376 g/mol. The first kappa shape index (κ1) is 18.2. The maximum Gasteiger partial charge on any atom is 0.307 e. The molecular formula is C18H15ClN2O4S. The third-order valence-corrected chi connectivity index (χ3v) is 4.56. The molecule has 0 bridgehead atoms. The summed E-state index contributed by atoms with van der Waals surface area (Å²) in [6.07, 6.45) is 0.0644. The maximum absolute atomic E-state index is 11.9. The van der Waals surface area contributed by atoms with Crippen molar-refractivity contribution < 1.29 is 18.8 Å². The number of benzene rings is 1. The number of halogens is 1. The van der Waals surface area contributed by atoms with Crippen LogP contribution >= 0.6 is 22.9 Å². The molecule has 0 saturated carbocycles. The Morgan fingerprint density at radius 2 is 2.04 bits per heavy atom. The fraction of sp³-hybridized carbons (Fsp3) is 0.167. The number of hydrogen-bond acceptors (Lipinski definition) is 6. The quantitative estimate of drug-likeness (QED) is 0.618. The van der Waals surface area contributed by atoms with E-state index in [9.17, 15) is 9.59 Å². The number of nitrogens with zero attached hydrogens (tertiary/aromatic N) is 1. The van der Waals surface area contributed by atoms with E-state index in [1.807, 2.05) is 17.5 Å². The summed E-state index contributed by atoms with van der Waals surface area (Å²) in [5.74, 6) is -0.0603. The molecule has 0 radical (unpaired) electrons. The van der Waals surface area contributed by atoms with Gasteiger partial charge in [0.1, 0.15) is 12.3 Å². The van der Waals surface area contributed by atoms with Gasteiger partial charge in [-0.3, -0.25) is 9.59 Å². The fourth-order valence-corrected chi connectivity index (χ4v) is 2.92. The average molecular weight is 391 g/mol. The van der Waals surface area contributed by atoms with Crippen molar-refractivity contribution in [1.29, 1.82) is 0 Å².